The summed E-state index contributed by atoms with van der Waals surface area (Å²) in [7, 11) is 0. The Kier molecular flexibility index (Phi) is 12.3. The number of piperidine rings is 1. The summed E-state index contributed by atoms with van der Waals surface area (Å²) < 4.78 is 0. The Bertz CT molecular complexity index is 804. The minimum atomic E-state index is -0.173. The highest BCUT2D eigenvalue weighted by Crippen LogP contribution is 2.32. The summed E-state index contributed by atoms with van der Waals surface area (Å²) in [6.07, 6.45) is 22.5. The summed E-state index contributed by atoms with van der Waals surface area (Å²) in [6, 6.07) is -0.00347. The smallest absolute Gasteiger partial charge is 0.253 e. The fourth-order valence-electron chi connectivity index (χ4n) is 5.90. The Morgan fingerprint density at radius 1 is 0.730 bits per heavy atom. The summed E-state index contributed by atoms with van der Waals surface area (Å²) in [5.74, 6) is -0.246. The van der Waals surface area contributed by atoms with Crippen molar-refractivity contribution < 1.29 is 14.4 Å². The van der Waals surface area contributed by atoms with Crippen LogP contribution in [0.3, 0.4) is 0 Å². The normalized spacial score (nSPS) is 20.7. The van der Waals surface area contributed by atoms with Crippen molar-refractivity contribution in [1.29, 1.82) is 0 Å². The SMILES string of the molecule is C=C1C=CC(=O)N1CCCCCCCCCCCCC.CC1(C)CC(N2C(=O)C=CC2=O)CC(C)(C)N1. The van der Waals surface area contributed by atoms with Crippen LogP contribution in [0.15, 0.2) is 36.6 Å². The second kappa shape index (κ2) is 14.7. The van der Waals surface area contributed by atoms with E-state index in [0.29, 0.717) is 0 Å². The van der Waals surface area contributed by atoms with Crippen LogP contribution >= 0.6 is 0 Å². The highest BCUT2D eigenvalue weighted by Gasteiger charge is 2.43. The van der Waals surface area contributed by atoms with Crippen molar-refractivity contribution in [2.24, 2.45) is 0 Å². The Labute approximate surface area is 225 Å². The molecule has 3 aliphatic heterocycles. The van der Waals surface area contributed by atoms with Gasteiger partial charge in [-0.05, 0) is 53.0 Å². The van der Waals surface area contributed by atoms with Crippen molar-refractivity contribution in [3.8, 4) is 0 Å². The molecule has 3 rings (SSSR count). The van der Waals surface area contributed by atoms with Gasteiger partial charge in [0.15, 0.2) is 0 Å². The number of carbonyl (C=O) groups is 3. The number of hydrogen-bond donors (Lipinski definition) is 1. The molecule has 0 bridgehead atoms. The van der Waals surface area contributed by atoms with Crippen molar-refractivity contribution in [1.82, 2.24) is 15.1 Å². The number of hydrogen-bond acceptors (Lipinski definition) is 4. The van der Waals surface area contributed by atoms with Crippen LogP contribution in [0.25, 0.3) is 0 Å². The minimum Gasteiger partial charge on any atom is -0.309 e. The van der Waals surface area contributed by atoms with Crippen molar-refractivity contribution in [3.63, 3.8) is 0 Å². The number of unbranched alkanes of at least 4 members (excludes halogenated alkanes) is 10. The van der Waals surface area contributed by atoms with Gasteiger partial charge in [-0.15, -0.1) is 0 Å². The van der Waals surface area contributed by atoms with Gasteiger partial charge in [0, 0.05) is 47.6 Å². The number of amides is 3. The Balaban J connectivity index is 0.000000263. The van der Waals surface area contributed by atoms with Gasteiger partial charge < -0.3 is 10.2 Å². The Morgan fingerprint density at radius 3 is 1.59 bits per heavy atom. The molecule has 1 fully saturated rings. The van der Waals surface area contributed by atoms with E-state index in [2.05, 4.69) is 46.5 Å². The van der Waals surface area contributed by atoms with Crippen LogP contribution in [0.5, 0.6) is 0 Å². The quantitative estimate of drug-likeness (QED) is 0.228. The maximum absolute atomic E-state index is 11.7. The predicted octanol–water partition coefficient (Wildman–Crippen LogP) is 6.43. The summed E-state index contributed by atoms with van der Waals surface area (Å²) in [5.41, 5.74) is 0.729. The number of allylic oxidation sites excluding steroid dienone is 1. The predicted molar refractivity (Wildman–Crippen MR) is 152 cm³/mol. The van der Waals surface area contributed by atoms with Gasteiger partial charge in [-0.1, -0.05) is 77.7 Å². The molecule has 0 aromatic rings. The fourth-order valence-corrected chi connectivity index (χ4v) is 5.90. The van der Waals surface area contributed by atoms with Gasteiger partial charge in [0.05, 0.1) is 0 Å². The third kappa shape index (κ3) is 10.6. The lowest BCUT2D eigenvalue weighted by Gasteiger charge is -2.48. The molecular formula is C31H51N3O3. The third-order valence-corrected chi connectivity index (χ3v) is 7.39. The Morgan fingerprint density at radius 2 is 1.16 bits per heavy atom. The monoisotopic (exact) mass is 513 g/mol. The first kappa shape index (κ1) is 31.0. The molecule has 1 N–H and O–H groups in total. The van der Waals surface area contributed by atoms with Gasteiger partial charge in [0.1, 0.15) is 0 Å². The fraction of sp³-hybridized carbons (Fsp3) is 0.710. The van der Waals surface area contributed by atoms with Crippen LogP contribution < -0.4 is 5.32 Å². The molecule has 1 saturated heterocycles. The lowest BCUT2D eigenvalue weighted by Crippen LogP contribution is -2.62. The van der Waals surface area contributed by atoms with Crippen molar-refractivity contribution in [2.45, 2.75) is 135 Å². The standard InChI is InChI=1S/C18H31NO.C13H20N2O2/c1-3-4-5-6-7-8-9-10-11-12-13-16-19-17(2)14-15-18(19)20;1-12(2)7-9(8-13(3,4)14-12)15-10(16)5-6-11(15)17/h14-15H,2-13,16H2,1H3;5-6,9,14H,7-8H2,1-4H3. The molecule has 0 aliphatic carbocycles. The van der Waals surface area contributed by atoms with Crippen LogP contribution in [0.4, 0.5) is 0 Å². The molecule has 0 atom stereocenters. The van der Waals surface area contributed by atoms with Gasteiger partial charge in [-0.3, -0.25) is 19.3 Å². The number of nitrogens with zero attached hydrogens (tertiary/aromatic N) is 2. The molecule has 0 aromatic carbocycles. The number of imide groups is 1. The van der Waals surface area contributed by atoms with Gasteiger partial charge in [-0.2, -0.15) is 0 Å². The minimum absolute atomic E-state index is 0.00347. The summed E-state index contributed by atoms with van der Waals surface area (Å²) in [4.78, 5) is 38.1. The van der Waals surface area contributed by atoms with E-state index in [9.17, 15) is 14.4 Å². The van der Waals surface area contributed by atoms with Crippen LogP contribution in [0.2, 0.25) is 0 Å². The van der Waals surface area contributed by atoms with Gasteiger partial charge in [0.2, 0.25) is 0 Å². The molecule has 0 aromatic heterocycles. The number of nitrogens with one attached hydrogen (secondary N) is 1. The van der Waals surface area contributed by atoms with Crippen LogP contribution in [0.1, 0.15) is 118 Å². The zero-order chi connectivity index (χ0) is 27.5. The molecule has 0 unspecified atom stereocenters. The Hall–Kier alpha value is -2.21. The molecule has 0 spiro atoms. The first-order valence-electron chi connectivity index (χ1n) is 14.5. The first-order valence-corrected chi connectivity index (χ1v) is 14.5. The van der Waals surface area contributed by atoms with Gasteiger partial charge >= 0.3 is 0 Å². The van der Waals surface area contributed by atoms with E-state index in [-0.39, 0.29) is 34.8 Å². The molecule has 0 radical (unpaired) electrons. The first-order chi connectivity index (χ1) is 17.5. The van der Waals surface area contributed by atoms with E-state index >= 15 is 0 Å². The van der Waals surface area contributed by atoms with E-state index in [1.807, 2.05) is 0 Å². The molecule has 6 nitrogen and oxygen atoms in total. The molecule has 3 aliphatic rings. The molecule has 3 amide bonds. The molecule has 0 saturated carbocycles. The lowest BCUT2D eigenvalue weighted by atomic mass is 9.79. The molecule has 37 heavy (non-hydrogen) atoms. The maximum atomic E-state index is 11.7. The largest absolute Gasteiger partial charge is 0.309 e. The second-order valence-corrected chi connectivity index (χ2v) is 12.2. The van der Waals surface area contributed by atoms with Crippen LogP contribution in [-0.2, 0) is 14.4 Å². The maximum Gasteiger partial charge on any atom is 0.253 e. The van der Waals surface area contributed by atoms with E-state index in [4.69, 9.17) is 0 Å². The highest BCUT2D eigenvalue weighted by atomic mass is 16.2. The van der Waals surface area contributed by atoms with Gasteiger partial charge in [0.25, 0.3) is 17.7 Å². The average molecular weight is 514 g/mol. The molecule has 208 valence electrons. The highest BCUT2D eigenvalue weighted by molar-refractivity contribution is 6.13. The van der Waals surface area contributed by atoms with Crippen molar-refractivity contribution >= 4 is 17.7 Å². The van der Waals surface area contributed by atoms with E-state index < -0.39 is 0 Å². The number of rotatable bonds is 13. The molecule has 6 heteroatoms. The second-order valence-electron chi connectivity index (χ2n) is 12.2. The molecule has 3 heterocycles. The van der Waals surface area contributed by atoms with Crippen molar-refractivity contribution in [2.75, 3.05) is 6.54 Å². The average Bonchev–Trinajstić information content (AvgIpc) is 3.30. The van der Waals surface area contributed by atoms with Gasteiger partial charge in [-0.25, -0.2) is 0 Å². The topological polar surface area (TPSA) is 69.7 Å². The third-order valence-electron chi connectivity index (χ3n) is 7.39. The van der Waals surface area contributed by atoms with Crippen molar-refractivity contribution in [3.05, 3.63) is 36.6 Å². The zero-order valence-electron chi connectivity index (χ0n) is 24.1. The molecular weight excluding hydrogens is 462 g/mol. The summed E-state index contributed by atoms with van der Waals surface area (Å²) >= 11 is 0. The summed E-state index contributed by atoms with van der Waals surface area (Å²) in [5, 5.41) is 3.55. The zero-order valence-corrected chi connectivity index (χ0v) is 24.1. The van der Waals surface area contributed by atoms with Crippen LogP contribution in [0, 0.1) is 0 Å². The summed E-state index contributed by atoms with van der Waals surface area (Å²) in [6.45, 7) is 15.4. The van der Waals surface area contributed by atoms with E-state index in [1.165, 1.54) is 81.3 Å². The van der Waals surface area contributed by atoms with E-state index in [0.717, 1.165) is 31.5 Å². The number of carbonyl (C=O) groups excluding carboxylic acids is 3. The van der Waals surface area contributed by atoms with Crippen LogP contribution in [-0.4, -0.2) is 51.2 Å². The van der Waals surface area contributed by atoms with E-state index in [1.54, 1.807) is 17.1 Å². The lowest BCUT2D eigenvalue weighted by molar-refractivity contribution is -0.141.